The maximum absolute atomic E-state index is 14.1. The van der Waals surface area contributed by atoms with Crippen molar-refractivity contribution in [3.05, 3.63) is 102 Å². The summed E-state index contributed by atoms with van der Waals surface area (Å²) >= 11 is 3.48. The number of nitrogens with zero attached hydrogens (tertiary/aromatic N) is 6. The van der Waals surface area contributed by atoms with Crippen LogP contribution in [0.5, 0.6) is 0 Å². The van der Waals surface area contributed by atoms with Crippen LogP contribution in [0.2, 0.25) is 0 Å². The predicted octanol–water partition coefficient (Wildman–Crippen LogP) is 4.50. The van der Waals surface area contributed by atoms with E-state index >= 15 is 0 Å². The molecule has 1 fully saturated rings. The fourth-order valence-corrected chi connectivity index (χ4v) is 9.14. The third-order valence-corrected chi connectivity index (χ3v) is 13.5. The summed E-state index contributed by atoms with van der Waals surface area (Å²) in [5.74, 6) is -4.03. The lowest BCUT2D eigenvalue weighted by molar-refractivity contribution is -0.319. The molecule has 80 heavy (non-hydrogen) atoms. The normalized spacial score (nSPS) is 18.3. The van der Waals surface area contributed by atoms with Crippen molar-refractivity contribution in [3.8, 4) is 0 Å². The lowest BCUT2D eigenvalue weighted by Crippen LogP contribution is -2.67. The minimum atomic E-state index is -4.53. The molecule has 1 aliphatic heterocycles. The first-order valence-electron chi connectivity index (χ1n) is 24.9. The molecule has 2 heterocycles. The van der Waals surface area contributed by atoms with E-state index in [2.05, 4.69) is 57.7 Å². The molecular weight excluding hydrogens is 1130 g/mol. The highest BCUT2D eigenvalue weighted by Crippen LogP contribution is 2.34. The fourth-order valence-electron chi connectivity index (χ4n) is 8.05. The van der Waals surface area contributed by atoms with E-state index in [0.717, 1.165) is 26.5 Å². The summed E-state index contributed by atoms with van der Waals surface area (Å²) in [5.41, 5.74) is 3.70. The van der Waals surface area contributed by atoms with Crippen molar-refractivity contribution in [2.75, 3.05) is 63.8 Å². The molecule has 28 heteroatoms. The Hall–Kier alpha value is -7.47. The number of ether oxygens (including phenoxy) is 7. The van der Waals surface area contributed by atoms with E-state index in [-0.39, 0.29) is 62.2 Å². The number of alkyl halides is 1. The van der Waals surface area contributed by atoms with Gasteiger partial charge >= 0.3 is 17.9 Å². The molecule has 1 aromatic heterocycles. The maximum atomic E-state index is 14.1. The molecule has 0 spiro atoms. The first-order valence-corrected chi connectivity index (χ1v) is 27.1. The molecule has 5 N–H and O–H groups in total. The number of hydrogen-bond donors (Lipinski definition) is 5. The van der Waals surface area contributed by atoms with Gasteiger partial charge < -0.3 is 59.3 Å². The second-order valence-corrected chi connectivity index (χ2v) is 21.4. The molecule has 6 rings (SSSR count). The number of hydrogen-bond acceptors (Lipinski definition) is 21. The van der Waals surface area contributed by atoms with Crippen LogP contribution in [0.4, 0.5) is 22.7 Å². The van der Waals surface area contributed by atoms with Gasteiger partial charge in [0.15, 0.2) is 29.1 Å². The van der Waals surface area contributed by atoms with Gasteiger partial charge in [0.1, 0.15) is 29.3 Å². The summed E-state index contributed by atoms with van der Waals surface area (Å²) in [6.07, 6.45) is -5.87. The van der Waals surface area contributed by atoms with Gasteiger partial charge in [0, 0.05) is 82.6 Å². The molecule has 430 valence electrons. The Morgan fingerprint density at radius 3 is 2.11 bits per heavy atom. The Morgan fingerprint density at radius 1 is 0.825 bits per heavy atom. The number of azo groups is 1. The molecule has 1 saturated heterocycles. The van der Waals surface area contributed by atoms with Gasteiger partial charge in [-0.1, -0.05) is 45.4 Å². The Balaban J connectivity index is 1.09. The van der Waals surface area contributed by atoms with E-state index in [9.17, 15) is 41.7 Å². The van der Waals surface area contributed by atoms with Gasteiger partial charge in [-0.3, -0.25) is 33.3 Å². The molecule has 1 aliphatic rings. The van der Waals surface area contributed by atoms with Gasteiger partial charge in [0.2, 0.25) is 11.8 Å². The minimum absolute atomic E-state index is 0.00552. The number of halogens is 1. The van der Waals surface area contributed by atoms with E-state index in [4.69, 9.17) is 33.2 Å². The van der Waals surface area contributed by atoms with Crippen molar-refractivity contribution in [1.29, 1.82) is 0 Å². The molecule has 7 atom stereocenters. The second-order valence-electron chi connectivity index (χ2n) is 18.4. The number of aromatic nitrogens is 3. The molecule has 2 unspecified atom stereocenters. The molecule has 0 radical (unpaired) electrons. The number of benzene rings is 4. The van der Waals surface area contributed by atoms with Crippen LogP contribution in [0, 0.1) is 0 Å². The molecule has 0 saturated carbocycles. The number of carbonyl (C=O) groups is 6. The number of carbonyl (C=O) groups excluding carboxylic acids is 6. The van der Waals surface area contributed by atoms with Gasteiger partial charge in [-0.2, -0.15) is 18.6 Å². The third-order valence-electron chi connectivity index (χ3n) is 11.9. The molecule has 3 amide bonds. The SMILES string of the molecule is CC(=O)N[C@H]1[C@H](OC(OCCOCCn2cc(CNC(=O)c3ccc(N=Nc4ccc(N(C)C)cc4)cc3)nn2)C(C)(Br)C(=O)NCCNc2cccc3c(S(=O)(=O)O)cccc23)O[C@H](COC(C)=O)[C@@H](OC(C)=O)[C@@H]1OC(C)=O. The van der Waals surface area contributed by atoms with Crippen LogP contribution in [0.15, 0.2) is 106 Å². The summed E-state index contributed by atoms with van der Waals surface area (Å²) in [7, 11) is -0.627. The van der Waals surface area contributed by atoms with E-state index in [1.54, 1.807) is 54.7 Å². The predicted molar refractivity (Wildman–Crippen MR) is 291 cm³/mol. The van der Waals surface area contributed by atoms with E-state index in [1.807, 2.05) is 43.3 Å². The number of esters is 3. The summed E-state index contributed by atoms with van der Waals surface area (Å²) in [5, 5.41) is 28.9. The van der Waals surface area contributed by atoms with Gasteiger partial charge in [-0.05, 0) is 67.6 Å². The molecule has 26 nitrogen and oxygen atoms in total. The van der Waals surface area contributed by atoms with Crippen molar-refractivity contribution in [2.24, 2.45) is 10.2 Å². The van der Waals surface area contributed by atoms with Crippen LogP contribution >= 0.6 is 15.9 Å². The van der Waals surface area contributed by atoms with Gasteiger partial charge in [0.25, 0.3) is 16.0 Å². The average molecular weight is 1200 g/mol. The maximum Gasteiger partial charge on any atom is 0.303 e. The number of anilines is 2. The summed E-state index contributed by atoms with van der Waals surface area (Å²) in [4.78, 5) is 78.4. The monoisotopic (exact) mass is 1190 g/mol. The van der Waals surface area contributed by atoms with E-state index in [0.29, 0.717) is 33.7 Å². The standard InChI is InChI=1S/C52H63BrN10O16S/c1-31(64)57-45-47(77-34(4)67)46(76-33(3)66)43(30-75-32(2)65)78-49(45)79-51(52(5,53)50(69)55-23-22-54-42-12-8-11-41-40(42)10-9-13-44(41)80(70,71)72)74-27-26-73-25-24-63-29-38(60-61-63)28-56-48(68)35-14-16-36(17-15-35)58-59-37-18-20-39(21-19-37)62(6)7/h8-21,29,43,45-47,49,51,54H,22-28,30H2,1-7H3,(H,55,69)(H,56,68)(H,57,64)(H,70,71,72)/t43-,45-,46-,47-,49+,51?,52?/m1/s1. The minimum Gasteiger partial charge on any atom is -0.463 e. The van der Waals surface area contributed by atoms with Gasteiger partial charge in [-0.15, -0.1) is 5.10 Å². The molecule has 4 aromatic carbocycles. The number of rotatable bonds is 27. The zero-order valence-electron chi connectivity index (χ0n) is 44.8. The Kier molecular flexibility index (Phi) is 22.1. The first kappa shape index (κ1) is 61.7. The molecule has 5 aromatic rings. The van der Waals surface area contributed by atoms with E-state index in [1.165, 1.54) is 30.7 Å². The molecular formula is C52H63BrN10O16S. The highest BCUT2D eigenvalue weighted by Gasteiger charge is 2.54. The van der Waals surface area contributed by atoms with Crippen LogP contribution in [0.1, 0.15) is 50.7 Å². The van der Waals surface area contributed by atoms with Crippen molar-refractivity contribution in [2.45, 2.75) is 93.9 Å². The number of nitrogens with one attached hydrogen (secondary N) is 4. The summed E-state index contributed by atoms with van der Waals surface area (Å²) in [6, 6.07) is 22.1. The van der Waals surface area contributed by atoms with Gasteiger partial charge in [0.05, 0.1) is 50.5 Å². The van der Waals surface area contributed by atoms with Crippen molar-refractivity contribution in [3.63, 3.8) is 0 Å². The lowest BCUT2D eigenvalue weighted by atomic mass is 9.96. The zero-order valence-corrected chi connectivity index (χ0v) is 47.2. The highest BCUT2D eigenvalue weighted by atomic mass is 79.9. The zero-order chi connectivity index (χ0) is 58.1. The Labute approximate surface area is 469 Å². The second kappa shape index (κ2) is 28.6. The highest BCUT2D eigenvalue weighted by molar-refractivity contribution is 9.10. The van der Waals surface area contributed by atoms with E-state index < -0.39 is 87.7 Å². The Bertz CT molecular complexity index is 3110. The van der Waals surface area contributed by atoms with Crippen LogP contribution < -0.4 is 26.2 Å². The smallest absolute Gasteiger partial charge is 0.303 e. The topological polar surface area (TPSA) is 328 Å². The third kappa shape index (κ3) is 17.8. The molecule has 0 aliphatic carbocycles. The van der Waals surface area contributed by atoms with Crippen molar-refractivity contribution < 1.29 is 74.9 Å². The number of amides is 3. The average Bonchev–Trinajstić information content (AvgIpc) is 3.98. The fraction of sp³-hybridized carbons (Fsp3) is 0.423. The van der Waals surface area contributed by atoms with Crippen LogP contribution in [-0.4, -0.2) is 158 Å². The first-order chi connectivity index (χ1) is 38.0. The van der Waals surface area contributed by atoms with Crippen molar-refractivity contribution in [1.82, 2.24) is 30.9 Å². The summed E-state index contributed by atoms with van der Waals surface area (Å²) in [6.45, 7) is 5.67. The van der Waals surface area contributed by atoms with Crippen LogP contribution in [0.3, 0.4) is 0 Å². The van der Waals surface area contributed by atoms with Gasteiger partial charge in [-0.25, -0.2) is 4.68 Å². The van der Waals surface area contributed by atoms with Crippen molar-refractivity contribution >= 4 is 95.2 Å². The number of fused-ring (bicyclic) bond motifs is 1. The largest absolute Gasteiger partial charge is 0.463 e. The molecule has 0 bridgehead atoms. The van der Waals surface area contributed by atoms with Crippen LogP contribution in [0.25, 0.3) is 10.8 Å². The summed E-state index contributed by atoms with van der Waals surface area (Å²) < 4.78 is 74.6. The lowest BCUT2D eigenvalue weighted by Gasteiger charge is -2.46. The Morgan fingerprint density at radius 2 is 1.48 bits per heavy atom. The quantitative estimate of drug-likeness (QED) is 0.00919. The van der Waals surface area contributed by atoms with Crippen LogP contribution in [-0.2, 0) is 80.3 Å².